The minimum atomic E-state index is -0.395. The zero-order chi connectivity index (χ0) is 13.6. The number of hydrogen-bond donors (Lipinski definition) is 2. The van der Waals surface area contributed by atoms with Crippen molar-refractivity contribution >= 4 is 0 Å². The van der Waals surface area contributed by atoms with Crippen molar-refractivity contribution in [3.05, 3.63) is 11.6 Å². The number of nitrogens with zero attached hydrogens (tertiary/aromatic N) is 6. The molecular formula is C11H20N8. The fourth-order valence-electron chi connectivity index (χ4n) is 2.40. The molecule has 2 aromatic heterocycles. The van der Waals surface area contributed by atoms with Gasteiger partial charge in [0.2, 0.25) is 0 Å². The Balaban J connectivity index is 2.21. The molecule has 0 spiro atoms. The second-order valence-electron chi connectivity index (χ2n) is 4.72. The van der Waals surface area contributed by atoms with E-state index >= 15 is 0 Å². The maximum absolute atomic E-state index is 4.15. The van der Waals surface area contributed by atoms with E-state index in [0.717, 1.165) is 19.3 Å². The predicted molar refractivity (Wildman–Crippen MR) is 68.2 cm³/mol. The summed E-state index contributed by atoms with van der Waals surface area (Å²) in [6.45, 7) is 4.29. The summed E-state index contributed by atoms with van der Waals surface area (Å²) in [7, 11) is 0. The van der Waals surface area contributed by atoms with E-state index in [4.69, 9.17) is 0 Å². The van der Waals surface area contributed by atoms with Crippen LogP contribution < -0.4 is 0 Å². The summed E-state index contributed by atoms with van der Waals surface area (Å²) in [5, 5.41) is 29.0. The van der Waals surface area contributed by atoms with E-state index in [0.29, 0.717) is 11.6 Å². The Kier molecular flexibility index (Phi) is 4.53. The van der Waals surface area contributed by atoms with Gasteiger partial charge in [-0.3, -0.25) is 0 Å². The summed E-state index contributed by atoms with van der Waals surface area (Å²) in [5.74, 6) is 1.29. The molecule has 8 nitrogen and oxygen atoms in total. The van der Waals surface area contributed by atoms with Crippen LogP contribution in [-0.2, 0) is 5.41 Å². The zero-order valence-electron chi connectivity index (χ0n) is 11.4. The molecule has 0 aliphatic rings. The molecule has 0 bridgehead atoms. The number of aromatic nitrogens is 8. The first-order valence-corrected chi connectivity index (χ1v) is 6.81. The van der Waals surface area contributed by atoms with Gasteiger partial charge in [-0.2, -0.15) is 10.4 Å². The Bertz CT molecular complexity index is 415. The average molecular weight is 264 g/mol. The van der Waals surface area contributed by atoms with E-state index < -0.39 is 5.41 Å². The largest absolute Gasteiger partial charge is 0.188 e. The van der Waals surface area contributed by atoms with Crippen LogP contribution in [0.4, 0.5) is 0 Å². The quantitative estimate of drug-likeness (QED) is 0.697. The maximum atomic E-state index is 4.15. The second-order valence-corrected chi connectivity index (χ2v) is 4.72. The van der Waals surface area contributed by atoms with Gasteiger partial charge in [-0.15, -0.1) is 20.4 Å². The number of H-pyrrole nitrogens is 2. The van der Waals surface area contributed by atoms with Crippen LogP contribution in [0.15, 0.2) is 0 Å². The molecule has 104 valence electrons. The first-order chi connectivity index (χ1) is 9.33. The molecule has 0 fully saturated rings. The summed E-state index contributed by atoms with van der Waals surface area (Å²) < 4.78 is 0. The van der Waals surface area contributed by atoms with E-state index in [-0.39, 0.29) is 0 Å². The number of nitrogens with one attached hydrogen (secondary N) is 2. The predicted octanol–water partition coefficient (Wildman–Crippen LogP) is 1.38. The van der Waals surface area contributed by atoms with Crippen LogP contribution >= 0.6 is 0 Å². The van der Waals surface area contributed by atoms with Gasteiger partial charge in [-0.25, -0.2) is 0 Å². The van der Waals surface area contributed by atoms with Crippen molar-refractivity contribution in [1.82, 2.24) is 41.2 Å². The SMILES string of the molecule is CCCCCCC(CC)(c1nn[nH]n1)c1nn[nH]n1. The molecule has 2 aromatic rings. The molecule has 0 aromatic carbocycles. The fourth-order valence-corrected chi connectivity index (χ4v) is 2.40. The van der Waals surface area contributed by atoms with E-state index in [9.17, 15) is 0 Å². The van der Waals surface area contributed by atoms with Crippen LogP contribution in [0.2, 0.25) is 0 Å². The van der Waals surface area contributed by atoms with Crippen LogP contribution in [0.1, 0.15) is 64.0 Å². The van der Waals surface area contributed by atoms with Crippen LogP contribution in [0.25, 0.3) is 0 Å². The van der Waals surface area contributed by atoms with Crippen LogP contribution in [0.3, 0.4) is 0 Å². The van der Waals surface area contributed by atoms with Crippen molar-refractivity contribution in [2.75, 3.05) is 0 Å². The van der Waals surface area contributed by atoms with Gasteiger partial charge in [-0.05, 0) is 12.8 Å². The lowest BCUT2D eigenvalue weighted by atomic mass is 9.78. The maximum Gasteiger partial charge on any atom is 0.188 e. The van der Waals surface area contributed by atoms with Gasteiger partial charge >= 0.3 is 0 Å². The lowest BCUT2D eigenvalue weighted by Crippen LogP contribution is -2.30. The lowest BCUT2D eigenvalue weighted by Gasteiger charge is -2.25. The third-order valence-electron chi connectivity index (χ3n) is 3.61. The zero-order valence-corrected chi connectivity index (χ0v) is 11.4. The average Bonchev–Trinajstić information content (AvgIpc) is 3.13. The van der Waals surface area contributed by atoms with Crippen molar-refractivity contribution in [2.45, 2.75) is 57.8 Å². The van der Waals surface area contributed by atoms with Gasteiger partial charge in [-0.1, -0.05) is 50.0 Å². The Labute approximate surface area is 111 Å². The second kappa shape index (κ2) is 6.35. The molecule has 2 N–H and O–H groups in total. The van der Waals surface area contributed by atoms with Gasteiger partial charge in [0.25, 0.3) is 0 Å². The number of tetrazole rings is 2. The molecule has 0 atom stereocenters. The van der Waals surface area contributed by atoms with Crippen molar-refractivity contribution in [2.24, 2.45) is 0 Å². The van der Waals surface area contributed by atoms with Crippen LogP contribution in [-0.4, -0.2) is 41.2 Å². The molecule has 0 saturated heterocycles. The topological polar surface area (TPSA) is 109 Å². The van der Waals surface area contributed by atoms with Crippen molar-refractivity contribution < 1.29 is 0 Å². The first kappa shape index (κ1) is 13.6. The molecule has 0 aliphatic carbocycles. The lowest BCUT2D eigenvalue weighted by molar-refractivity contribution is 0.386. The Hall–Kier alpha value is -1.86. The molecule has 2 heterocycles. The minimum Gasteiger partial charge on any atom is -0.177 e. The van der Waals surface area contributed by atoms with Gasteiger partial charge in [0.1, 0.15) is 0 Å². The van der Waals surface area contributed by atoms with Crippen LogP contribution in [0, 0.1) is 0 Å². The van der Waals surface area contributed by atoms with Gasteiger partial charge in [0.15, 0.2) is 11.6 Å². The third-order valence-corrected chi connectivity index (χ3v) is 3.61. The molecule has 8 heteroatoms. The third kappa shape index (κ3) is 2.77. The summed E-state index contributed by atoms with van der Waals surface area (Å²) >= 11 is 0. The van der Waals surface area contributed by atoms with Crippen molar-refractivity contribution in [3.63, 3.8) is 0 Å². The van der Waals surface area contributed by atoms with Gasteiger partial charge in [0.05, 0.1) is 5.41 Å². The molecule has 0 unspecified atom stereocenters. The molecule has 0 aliphatic heterocycles. The smallest absolute Gasteiger partial charge is 0.177 e. The Morgan fingerprint density at radius 2 is 1.53 bits per heavy atom. The fraction of sp³-hybridized carbons (Fsp3) is 0.818. The summed E-state index contributed by atoms with van der Waals surface area (Å²) in [6, 6.07) is 0. The van der Waals surface area contributed by atoms with E-state index in [1.165, 1.54) is 19.3 Å². The van der Waals surface area contributed by atoms with Crippen molar-refractivity contribution in [1.29, 1.82) is 0 Å². The molecule has 2 rings (SSSR count). The van der Waals surface area contributed by atoms with E-state index in [1.54, 1.807) is 0 Å². The van der Waals surface area contributed by atoms with E-state index in [2.05, 4.69) is 55.1 Å². The monoisotopic (exact) mass is 264 g/mol. The van der Waals surface area contributed by atoms with Gasteiger partial charge < -0.3 is 0 Å². The van der Waals surface area contributed by atoms with Gasteiger partial charge in [0, 0.05) is 0 Å². The molecule has 0 amide bonds. The highest BCUT2D eigenvalue weighted by atomic mass is 15.5. The highest BCUT2D eigenvalue weighted by Gasteiger charge is 2.40. The highest BCUT2D eigenvalue weighted by Crippen LogP contribution is 2.35. The number of rotatable bonds is 8. The highest BCUT2D eigenvalue weighted by molar-refractivity contribution is 5.18. The first-order valence-electron chi connectivity index (χ1n) is 6.81. The number of aromatic amines is 2. The molecule has 0 saturated carbocycles. The standard InChI is InChI=1S/C11H20N8/c1-3-5-6-7-8-11(4-2,9-12-16-17-13-9)10-14-18-19-15-10/h3-8H2,1-2H3,(H,12,13,16,17)(H,14,15,18,19). The summed E-state index contributed by atoms with van der Waals surface area (Å²) in [4.78, 5) is 0. The minimum absolute atomic E-state index is 0.395. The van der Waals surface area contributed by atoms with Crippen LogP contribution in [0.5, 0.6) is 0 Å². The van der Waals surface area contributed by atoms with Crippen molar-refractivity contribution in [3.8, 4) is 0 Å². The molecule has 0 radical (unpaired) electrons. The Morgan fingerprint density at radius 1 is 0.895 bits per heavy atom. The normalized spacial score (nSPS) is 11.9. The Morgan fingerprint density at radius 3 is 1.95 bits per heavy atom. The summed E-state index contributed by atoms with van der Waals surface area (Å²) in [5.41, 5.74) is -0.395. The molecular weight excluding hydrogens is 244 g/mol. The molecule has 19 heavy (non-hydrogen) atoms. The number of unbranched alkanes of at least 4 members (excludes halogenated alkanes) is 3. The van der Waals surface area contributed by atoms with E-state index in [1.807, 2.05) is 0 Å². The number of hydrogen-bond acceptors (Lipinski definition) is 6. The summed E-state index contributed by atoms with van der Waals surface area (Å²) in [6.07, 6.45) is 6.45.